The number of carbonyl (C=O) groups is 2. The Hall–Kier alpha value is -2.25. The normalized spacial score (nSPS) is 10.1. The summed E-state index contributed by atoms with van der Waals surface area (Å²) in [6.45, 7) is 0.229. The maximum atomic E-state index is 12.0. The zero-order valence-electron chi connectivity index (χ0n) is 13.2. The average molecular weight is 369 g/mol. The van der Waals surface area contributed by atoms with E-state index in [0.717, 1.165) is 0 Å². The topological polar surface area (TPSA) is 76.7 Å². The highest BCUT2D eigenvalue weighted by atomic mass is 35.5. The third kappa shape index (κ3) is 4.62. The summed E-state index contributed by atoms with van der Waals surface area (Å²) in [5.41, 5.74) is 1.03. The van der Waals surface area contributed by atoms with Crippen molar-refractivity contribution in [3.05, 3.63) is 39.5 Å². The third-order valence-electron chi connectivity index (χ3n) is 3.17. The van der Waals surface area contributed by atoms with Crippen molar-refractivity contribution >= 4 is 40.4 Å². The van der Waals surface area contributed by atoms with Crippen LogP contribution in [0.5, 0.6) is 11.5 Å². The van der Waals surface area contributed by atoms with E-state index in [4.69, 9.17) is 21.1 Å². The van der Waals surface area contributed by atoms with Crippen molar-refractivity contribution in [3.63, 3.8) is 0 Å². The molecule has 0 spiro atoms. The molecule has 2 N–H and O–H groups in total. The number of amides is 2. The van der Waals surface area contributed by atoms with Crippen LogP contribution in [0.4, 0.5) is 5.69 Å². The summed E-state index contributed by atoms with van der Waals surface area (Å²) in [5, 5.41) is 9.33. The van der Waals surface area contributed by atoms with Crippen LogP contribution < -0.4 is 20.1 Å². The smallest absolute Gasteiger partial charge is 0.252 e. The summed E-state index contributed by atoms with van der Waals surface area (Å²) in [7, 11) is 2.98. The largest absolute Gasteiger partial charge is 0.495 e. The van der Waals surface area contributed by atoms with E-state index in [2.05, 4.69) is 10.6 Å². The number of hydrogen-bond donors (Lipinski definition) is 2. The molecule has 0 atom stereocenters. The van der Waals surface area contributed by atoms with Gasteiger partial charge in [0.05, 0.1) is 24.9 Å². The highest BCUT2D eigenvalue weighted by Crippen LogP contribution is 2.35. The monoisotopic (exact) mass is 368 g/mol. The van der Waals surface area contributed by atoms with Crippen molar-refractivity contribution < 1.29 is 19.1 Å². The van der Waals surface area contributed by atoms with Gasteiger partial charge in [-0.15, -0.1) is 0 Å². The average Bonchev–Trinajstić information content (AvgIpc) is 3.09. The number of halogens is 1. The Bertz CT molecular complexity index is 719. The summed E-state index contributed by atoms with van der Waals surface area (Å²) >= 11 is 7.50. The van der Waals surface area contributed by atoms with Crippen LogP contribution in [0.1, 0.15) is 16.8 Å². The van der Waals surface area contributed by atoms with Gasteiger partial charge in [-0.2, -0.15) is 11.3 Å². The zero-order valence-corrected chi connectivity index (χ0v) is 14.8. The number of hydrogen-bond acceptors (Lipinski definition) is 5. The first kappa shape index (κ1) is 18.1. The van der Waals surface area contributed by atoms with Gasteiger partial charge in [0.15, 0.2) is 0 Å². The van der Waals surface area contributed by atoms with Gasteiger partial charge in [-0.1, -0.05) is 11.6 Å². The van der Waals surface area contributed by atoms with Gasteiger partial charge in [-0.25, -0.2) is 0 Å². The van der Waals surface area contributed by atoms with E-state index < -0.39 is 0 Å². The van der Waals surface area contributed by atoms with Crippen LogP contribution in [0, 0.1) is 0 Å². The summed E-state index contributed by atoms with van der Waals surface area (Å²) in [6.07, 6.45) is 0.128. The molecule has 8 heteroatoms. The minimum absolute atomic E-state index is 0.128. The van der Waals surface area contributed by atoms with Crippen LogP contribution in [0.3, 0.4) is 0 Å². The molecule has 0 fully saturated rings. The molecule has 2 amide bonds. The Morgan fingerprint density at radius 3 is 2.58 bits per heavy atom. The van der Waals surface area contributed by atoms with Crippen molar-refractivity contribution in [2.75, 3.05) is 26.1 Å². The molecule has 24 heavy (non-hydrogen) atoms. The van der Waals surface area contributed by atoms with Gasteiger partial charge in [0, 0.05) is 30.0 Å². The molecule has 0 unspecified atom stereocenters. The molecule has 0 saturated heterocycles. The summed E-state index contributed by atoms with van der Waals surface area (Å²) in [5.74, 6) is 0.427. The molecule has 1 aromatic carbocycles. The second-order valence-electron chi connectivity index (χ2n) is 4.75. The number of benzene rings is 1. The summed E-state index contributed by atoms with van der Waals surface area (Å²) < 4.78 is 10.3. The van der Waals surface area contributed by atoms with E-state index in [1.54, 1.807) is 23.6 Å². The van der Waals surface area contributed by atoms with Crippen molar-refractivity contribution in [3.8, 4) is 11.5 Å². The first-order valence-corrected chi connectivity index (χ1v) is 8.39. The number of thiophene rings is 1. The molecule has 1 aromatic heterocycles. The molecule has 2 aromatic rings. The molecule has 128 valence electrons. The lowest BCUT2D eigenvalue weighted by atomic mass is 10.2. The Labute approximate surface area is 148 Å². The lowest BCUT2D eigenvalue weighted by Gasteiger charge is -2.13. The Kier molecular flexibility index (Phi) is 6.45. The highest BCUT2D eigenvalue weighted by Gasteiger charge is 2.13. The molecule has 2 rings (SSSR count). The molecule has 6 nitrogen and oxygen atoms in total. The Balaban J connectivity index is 1.90. The molecular weight excluding hydrogens is 352 g/mol. The number of ether oxygens (including phenoxy) is 2. The fourth-order valence-electron chi connectivity index (χ4n) is 1.96. The van der Waals surface area contributed by atoms with Gasteiger partial charge in [0.1, 0.15) is 11.5 Å². The molecule has 0 aliphatic carbocycles. The van der Waals surface area contributed by atoms with Gasteiger partial charge in [-0.3, -0.25) is 9.59 Å². The highest BCUT2D eigenvalue weighted by molar-refractivity contribution is 7.08. The van der Waals surface area contributed by atoms with Gasteiger partial charge >= 0.3 is 0 Å². The third-order valence-corrected chi connectivity index (χ3v) is 4.15. The van der Waals surface area contributed by atoms with Gasteiger partial charge in [-0.05, 0) is 17.5 Å². The van der Waals surface area contributed by atoms with Crippen LogP contribution in [-0.4, -0.2) is 32.6 Å². The molecule has 0 aliphatic rings. The van der Waals surface area contributed by atoms with Crippen LogP contribution >= 0.6 is 22.9 Å². The maximum Gasteiger partial charge on any atom is 0.252 e. The lowest BCUT2D eigenvalue weighted by Crippen LogP contribution is -2.27. The van der Waals surface area contributed by atoms with E-state index in [9.17, 15) is 9.59 Å². The van der Waals surface area contributed by atoms with Crippen LogP contribution in [0.15, 0.2) is 29.0 Å². The summed E-state index contributed by atoms with van der Waals surface area (Å²) in [6, 6.07) is 4.88. The van der Waals surface area contributed by atoms with E-state index in [0.29, 0.717) is 27.8 Å². The lowest BCUT2D eigenvalue weighted by molar-refractivity contribution is -0.116. The number of rotatable bonds is 7. The van der Waals surface area contributed by atoms with Gasteiger partial charge in [0.2, 0.25) is 5.91 Å². The van der Waals surface area contributed by atoms with Crippen molar-refractivity contribution in [2.45, 2.75) is 6.42 Å². The molecule has 0 radical (unpaired) electrons. The fourth-order valence-corrected chi connectivity index (χ4v) is 2.83. The SMILES string of the molecule is COc1cc(OC)c(NC(=O)CCNC(=O)c2ccsc2)cc1Cl. The van der Waals surface area contributed by atoms with Crippen molar-refractivity contribution in [1.29, 1.82) is 0 Å². The molecule has 1 heterocycles. The van der Waals surface area contributed by atoms with Gasteiger partial charge < -0.3 is 20.1 Å². The summed E-state index contributed by atoms with van der Waals surface area (Å²) in [4.78, 5) is 23.8. The standard InChI is InChI=1S/C16H17ClN2O4S/c1-22-13-8-14(23-2)12(7-11(13)17)19-15(20)3-5-18-16(21)10-4-6-24-9-10/h4,6-9H,3,5H2,1-2H3,(H,18,21)(H,19,20). The molecule has 0 bridgehead atoms. The van der Waals surface area contributed by atoms with E-state index in [1.165, 1.54) is 25.6 Å². The fraction of sp³-hybridized carbons (Fsp3) is 0.250. The predicted octanol–water partition coefficient (Wildman–Crippen LogP) is 3.18. The first-order chi connectivity index (χ1) is 11.5. The van der Waals surface area contributed by atoms with Crippen LogP contribution in [0.2, 0.25) is 5.02 Å². The van der Waals surface area contributed by atoms with Crippen LogP contribution in [-0.2, 0) is 4.79 Å². The number of carbonyl (C=O) groups excluding carboxylic acids is 2. The van der Waals surface area contributed by atoms with Gasteiger partial charge in [0.25, 0.3) is 5.91 Å². The second kappa shape index (κ2) is 8.56. The second-order valence-corrected chi connectivity index (χ2v) is 5.94. The van der Waals surface area contributed by atoms with Crippen LogP contribution in [0.25, 0.3) is 0 Å². The molecular formula is C16H17ClN2O4S. The van der Waals surface area contributed by atoms with E-state index in [1.807, 2.05) is 5.38 Å². The number of methoxy groups -OCH3 is 2. The van der Waals surface area contributed by atoms with Crippen molar-refractivity contribution in [1.82, 2.24) is 5.32 Å². The number of nitrogens with one attached hydrogen (secondary N) is 2. The predicted molar refractivity (Wildman–Crippen MR) is 94.5 cm³/mol. The minimum atomic E-state index is -0.264. The zero-order chi connectivity index (χ0) is 17.5. The first-order valence-electron chi connectivity index (χ1n) is 7.07. The quantitative estimate of drug-likeness (QED) is 0.787. The maximum absolute atomic E-state index is 12.0. The Morgan fingerprint density at radius 1 is 1.21 bits per heavy atom. The Morgan fingerprint density at radius 2 is 1.96 bits per heavy atom. The van der Waals surface area contributed by atoms with E-state index in [-0.39, 0.29) is 24.8 Å². The molecule has 0 saturated carbocycles. The van der Waals surface area contributed by atoms with E-state index >= 15 is 0 Å². The number of anilines is 1. The van der Waals surface area contributed by atoms with Crippen molar-refractivity contribution in [2.24, 2.45) is 0 Å². The minimum Gasteiger partial charge on any atom is -0.495 e. The molecule has 0 aliphatic heterocycles.